The number of aromatic nitrogens is 1. The second-order valence-corrected chi connectivity index (χ2v) is 5.41. The SMILES string of the molecule is CCC(CSC)N(C)c1cc(CCl)cc(C)n1. The number of nitrogens with zero attached hydrogens (tertiary/aromatic N) is 2. The molecular formula is C13H21ClN2S. The molecule has 0 fully saturated rings. The highest BCUT2D eigenvalue weighted by Gasteiger charge is 2.14. The first-order chi connectivity index (χ1) is 8.12. The minimum Gasteiger partial charge on any atom is -0.356 e. The lowest BCUT2D eigenvalue weighted by molar-refractivity contribution is 0.665. The zero-order valence-electron chi connectivity index (χ0n) is 11.0. The normalized spacial score (nSPS) is 12.5. The molecule has 96 valence electrons. The van der Waals surface area contributed by atoms with Gasteiger partial charge in [0.25, 0.3) is 0 Å². The molecule has 2 nitrogen and oxygen atoms in total. The highest BCUT2D eigenvalue weighted by atomic mass is 35.5. The van der Waals surface area contributed by atoms with Crippen LogP contribution in [-0.4, -0.2) is 30.1 Å². The Morgan fingerprint density at radius 3 is 2.71 bits per heavy atom. The van der Waals surface area contributed by atoms with Gasteiger partial charge in [-0.3, -0.25) is 0 Å². The molecule has 1 aromatic heterocycles. The maximum absolute atomic E-state index is 5.90. The number of rotatable bonds is 6. The van der Waals surface area contributed by atoms with Gasteiger partial charge in [0.15, 0.2) is 0 Å². The van der Waals surface area contributed by atoms with Crippen molar-refractivity contribution in [2.75, 3.05) is 24.0 Å². The summed E-state index contributed by atoms with van der Waals surface area (Å²) >= 11 is 7.78. The van der Waals surface area contributed by atoms with E-state index in [1.807, 2.05) is 24.8 Å². The van der Waals surface area contributed by atoms with E-state index in [9.17, 15) is 0 Å². The van der Waals surface area contributed by atoms with Crippen molar-refractivity contribution in [3.8, 4) is 0 Å². The van der Waals surface area contributed by atoms with Crippen LogP contribution in [0, 0.1) is 6.92 Å². The molecule has 1 unspecified atom stereocenters. The summed E-state index contributed by atoms with van der Waals surface area (Å²) in [6.45, 7) is 4.23. The fourth-order valence-electron chi connectivity index (χ4n) is 1.86. The predicted molar refractivity (Wildman–Crippen MR) is 79.4 cm³/mol. The number of aryl methyl sites for hydroxylation is 1. The maximum atomic E-state index is 5.90. The lowest BCUT2D eigenvalue weighted by Crippen LogP contribution is -2.33. The fourth-order valence-corrected chi connectivity index (χ4v) is 2.86. The third-order valence-electron chi connectivity index (χ3n) is 2.89. The molecule has 0 aliphatic rings. The van der Waals surface area contributed by atoms with Crippen LogP contribution in [0.15, 0.2) is 12.1 Å². The van der Waals surface area contributed by atoms with E-state index in [0.29, 0.717) is 11.9 Å². The summed E-state index contributed by atoms with van der Waals surface area (Å²) in [5.41, 5.74) is 2.17. The van der Waals surface area contributed by atoms with Gasteiger partial charge in [-0.2, -0.15) is 11.8 Å². The minimum absolute atomic E-state index is 0.530. The summed E-state index contributed by atoms with van der Waals surface area (Å²) in [5.74, 6) is 2.70. The third-order valence-corrected chi connectivity index (χ3v) is 3.92. The second-order valence-electron chi connectivity index (χ2n) is 4.24. The van der Waals surface area contributed by atoms with Crippen LogP contribution in [0.25, 0.3) is 0 Å². The lowest BCUT2D eigenvalue weighted by Gasteiger charge is -2.28. The van der Waals surface area contributed by atoms with Crippen molar-refractivity contribution in [2.45, 2.75) is 32.2 Å². The molecule has 0 bridgehead atoms. The molecule has 1 aromatic rings. The number of hydrogen-bond donors (Lipinski definition) is 0. The zero-order valence-corrected chi connectivity index (χ0v) is 12.6. The Labute approximate surface area is 114 Å². The Hall–Kier alpha value is -0.410. The number of pyridine rings is 1. The predicted octanol–water partition coefficient (Wildman–Crippen LogP) is 3.71. The Bertz CT molecular complexity index is 357. The van der Waals surface area contributed by atoms with Gasteiger partial charge in [-0.25, -0.2) is 4.98 Å². The first-order valence-electron chi connectivity index (χ1n) is 5.87. The lowest BCUT2D eigenvalue weighted by atomic mass is 10.2. The van der Waals surface area contributed by atoms with Crippen molar-refractivity contribution in [1.82, 2.24) is 4.98 Å². The Balaban J connectivity index is 2.93. The highest BCUT2D eigenvalue weighted by Crippen LogP contribution is 2.20. The van der Waals surface area contributed by atoms with Gasteiger partial charge >= 0.3 is 0 Å². The molecule has 1 atom stereocenters. The van der Waals surface area contributed by atoms with Crippen molar-refractivity contribution < 1.29 is 0 Å². The summed E-state index contributed by atoms with van der Waals surface area (Å²) in [4.78, 5) is 6.85. The van der Waals surface area contributed by atoms with Crippen LogP contribution in [0.5, 0.6) is 0 Å². The standard InChI is InChI=1S/C13H21ClN2S/c1-5-12(9-17-4)16(3)13-7-11(8-14)6-10(2)15-13/h6-7,12H,5,8-9H2,1-4H3. The molecule has 0 aliphatic heterocycles. The number of alkyl halides is 1. The van der Waals surface area contributed by atoms with E-state index in [1.54, 1.807) is 0 Å². The van der Waals surface area contributed by atoms with E-state index in [2.05, 4.69) is 36.2 Å². The van der Waals surface area contributed by atoms with Gasteiger partial charge in [-0.1, -0.05) is 6.92 Å². The monoisotopic (exact) mass is 272 g/mol. The van der Waals surface area contributed by atoms with E-state index in [0.717, 1.165) is 29.2 Å². The van der Waals surface area contributed by atoms with Crippen molar-refractivity contribution in [1.29, 1.82) is 0 Å². The topological polar surface area (TPSA) is 16.1 Å². The highest BCUT2D eigenvalue weighted by molar-refractivity contribution is 7.98. The quantitative estimate of drug-likeness (QED) is 0.735. The van der Waals surface area contributed by atoms with E-state index < -0.39 is 0 Å². The summed E-state index contributed by atoms with van der Waals surface area (Å²) in [5, 5.41) is 0. The van der Waals surface area contributed by atoms with Crippen LogP contribution in [0.4, 0.5) is 5.82 Å². The van der Waals surface area contributed by atoms with Gasteiger partial charge in [0.2, 0.25) is 0 Å². The summed E-state index contributed by atoms with van der Waals surface area (Å²) in [7, 11) is 2.12. The van der Waals surface area contributed by atoms with Gasteiger partial charge < -0.3 is 4.90 Å². The van der Waals surface area contributed by atoms with Crippen molar-refractivity contribution in [2.24, 2.45) is 0 Å². The van der Waals surface area contributed by atoms with E-state index >= 15 is 0 Å². The average molecular weight is 273 g/mol. The molecule has 4 heteroatoms. The van der Waals surface area contributed by atoms with Gasteiger partial charge in [0, 0.05) is 30.4 Å². The van der Waals surface area contributed by atoms with Crippen molar-refractivity contribution in [3.63, 3.8) is 0 Å². The largest absolute Gasteiger partial charge is 0.356 e. The molecule has 1 rings (SSSR count). The Morgan fingerprint density at radius 2 is 2.18 bits per heavy atom. The molecule has 0 saturated heterocycles. The maximum Gasteiger partial charge on any atom is 0.129 e. The van der Waals surface area contributed by atoms with Gasteiger partial charge in [0.05, 0.1) is 0 Å². The molecule has 0 aliphatic carbocycles. The number of halogens is 1. The van der Waals surface area contributed by atoms with Gasteiger partial charge in [-0.15, -0.1) is 11.6 Å². The van der Waals surface area contributed by atoms with E-state index in [-0.39, 0.29) is 0 Å². The van der Waals surface area contributed by atoms with Crippen LogP contribution < -0.4 is 4.90 Å². The molecule has 0 aromatic carbocycles. The molecule has 0 radical (unpaired) electrons. The first kappa shape index (κ1) is 14.7. The first-order valence-corrected chi connectivity index (χ1v) is 7.80. The minimum atomic E-state index is 0.530. The van der Waals surface area contributed by atoms with E-state index in [1.165, 1.54) is 0 Å². The Kier molecular flexibility index (Phi) is 6.14. The van der Waals surface area contributed by atoms with Crippen LogP contribution >= 0.6 is 23.4 Å². The smallest absolute Gasteiger partial charge is 0.129 e. The van der Waals surface area contributed by atoms with Crippen LogP contribution in [0.2, 0.25) is 0 Å². The number of hydrogen-bond acceptors (Lipinski definition) is 3. The molecular weight excluding hydrogens is 252 g/mol. The zero-order chi connectivity index (χ0) is 12.8. The average Bonchev–Trinajstić information content (AvgIpc) is 2.34. The van der Waals surface area contributed by atoms with Gasteiger partial charge in [0.1, 0.15) is 5.82 Å². The molecule has 0 saturated carbocycles. The molecule has 1 heterocycles. The second kappa shape index (κ2) is 7.12. The van der Waals surface area contributed by atoms with Gasteiger partial charge in [-0.05, 0) is 37.3 Å². The summed E-state index contributed by atoms with van der Waals surface area (Å²) < 4.78 is 0. The molecule has 0 N–H and O–H groups in total. The van der Waals surface area contributed by atoms with Crippen molar-refractivity contribution in [3.05, 3.63) is 23.4 Å². The number of thioether (sulfide) groups is 1. The Morgan fingerprint density at radius 1 is 1.47 bits per heavy atom. The van der Waals surface area contributed by atoms with Crippen LogP contribution in [0.1, 0.15) is 24.6 Å². The summed E-state index contributed by atoms with van der Waals surface area (Å²) in [6, 6.07) is 4.66. The molecule has 0 spiro atoms. The van der Waals surface area contributed by atoms with Crippen molar-refractivity contribution >= 4 is 29.2 Å². The van der Waals surface area contributed by atoms with E-state index in [4.69, 9.17) is 11.6 Å². The van der Waals surface area contributed by atoms with Crippen LogP contribution in [0.3, 0.4) is 0 Å². The molecule has 0 amide bonds. The third kappa shape index (κ3) is 4.07. The molecule has 17 heavy (non-hydrogen) atoms. The van der Waals surface area contributed by atoms with Crippen LogP contribution in [-0.2, 0) is 5.88 Å². The fraction of sp³-hybridized carbons (Fsp3) is 0.615. The summed E-state index contributed by atoms with van der Waals surface area (Å²) in [6.07, 6.45) is 3.27. The number of anilines is 1.